The summed E-state index contributed by atoms with van der Waals surface area (Å²) in [5.41, 5.74) is 12.3. The molecule has 0 amide bonds. The Morgan fingerprint density at radius 1 is 0.612 bits per heavy atom. The Kier molecular flexibility index (Phi) is 9.98. The summed E-state index contributed by atoms with van der Waals surface area (Å²) in [6, 6.07) is 19.7. The fraction of sp³-hybridized carbons (Fsp3) is 0.488. The molecule has 0 bridgehead atoms. The van der Waals surface area contributed by atoms with Crippen LogP contribution in [0.15, 0.2) is 67.0 Å². The molecule has 49 heavy (non-hydrogen) atoms. The van der Waals surface area contributed by atoms with Gasteiger partial charge in [-0.05, 0) is 194 Å². The highest BCUT2D eigenvalue weighted by atomic mass is 35.5. The maximum absolute atomic E-state index is 6.34. The van der Waals surface area contributed by atoms with Crippen molar-refractivity contribution < 1.29 is 0 Å². The van der Waals surface area contributed by atoms with Crippen LogP contribution in [0.4, 0.5) is 0 Å². The van der Waals surface area contributed by atoms with E-state index in [0.717, 1.165) is 35.7 Å². The summed E-state index contributed by atoms with van der Waals surface area (Å²) in [4.78, 5) is 14.8. The molecule has 2 aliphatic heterocycles. The third-order valence-electron chi connectivity index (χ3n) is 12.6. The molecule has 4 aromatic rings. The van der Waals surface area contributed by atoms with E-state index in [1.165, 1.54) is 102 Å². The van der Waals surface area contributed by atoms with E-state index in [1.54, 1.807) is 0 Å². The van der Waals surface area contributed by atoms with Crippen molar-refractivity contribution in [2.75, 3.05) is 40.3 Å². The number of nitrogens with zero attached hydrogens (tertiary/aromatic N) is 4. The van der Waals surface area contributed by atoms with Crippen LogP contribution in [0.3, 0.4) is 0 Å². The summed E-state index contributed by atoms with van der Waals surface area (Å²) >= 11 is 12.7. The van der Waals surface area contributed by atoms with Gasteiger partial charge in [-0.1, -0.05) is 47.5 Å². The Morgan fingerprint density at radius 3 is 1.61 bits per heavy atom. The first kappa shape index (κ1) is 34.7. The maximum Gasteiger partial charge on any atom is 0.0541 e. The molecule has 0 radical (unpaired) electrons. The number of rotatable bonds is 2. The zero-order valence-corrected chi connectivity index (χ0v) is 31.5. The minimum absolute atomic E-state index is 0.0196. The van der Waals surface area contributed by atoms with Gasteiger partial charge in [0.2, 0.25) is 0 Å². The van der Waals surface area contributed by atoms with Crippen molar-refractivity contribution in [1.29, 1.82) is 0 Å². The van der Waals surface area contributed by atoms with E-state index in [0.29, 0.717) is 11.8 Å². The number of pyridine rings is 2. The third kappa shape index (κ3) is 6.60. The summed E-state index contributed by atoms with van der Waals surface area (Å²) < 4.78 is 0. The predicted molar refractivity (Wildman–Crippen MR) is 204 cm³/mol. The quantitative estimate of drug-likeness (QED) is 0.209. The predicted octanol–water partition coefficient (Wildman–Crippen LogP) is 9.27. The molecular weight excluding hydrogens is 643 g/mol. The number of aryl methyl sites for hydroxylation is 5. The highest BCUT2D eigenvalue weighted by molar-refractivity contribution is 6.31. The number of halogens is 2. The van der Waals surface area contributed by atoms with E-state index < -0.39 is 0 Å². The molecule has 258 valence electrons. The van der Waals surface area contributed by atoms with Crippen LogP contribution < -0.4 is 0 Å². The normalized spacial score (nSPS) is 24.7. The van der Waals surface area contributed by atoms with Crippen molar-refractivity contribution in [3.63, 3.8) is 0 Å². The number of fused-ring (bicyclic) bond motifs is 4. The Labute approximate surface area is 304 Å². The molecular formula is C43H52Cl2N4. The average molecular weight is 696 g/mol. The molecule has 2 aromatic heterocycles. The Bertz CT molecular complexity index is 1750. The van der Waals surface area contributed by atoms with Gasteiger partial charge in [0.1, 0.15) is 0 Å². The minimum atomic E-state index is -0.0271. The Morgan fingerprint density at radius 2 is 1.08 bits per heavy atom. The molecule has 0 saturated carbocycles. The molecule has 2 unspecified atom stereocenters. The molecule has 2 atom stereocenters. The summed E-state index contributed by atoms with van der Waals surface area (Å²) in [6.45, 7) is 11.7. The fourth-order valence-electron chi connectivity index (χ4n) is 9.74. The van der Waals surface area contributed by atoms with Crippen LogP contribution >= 0.6 is 23.2 Å². The van der Waals surface area contributed by atoms with Gasteiger partial charge in [0.15, 0.2) is 0 Å². The van der Waals surface area contributed by atoms with Gasteiger partial charge in [-0.15, -0.1) is 0 Å². The van der Waals surface area contributed by atoms with Gasteiger partial charge in [-0.2, -0.15) is 0 Å². The smallest absolute Gasteiger partial charge is 0.0541 e. The number of likely N-dealkylation sites (tertiary alicyclic amines) is 2. The Hall–Kier alpha value is -2.76. The average Bonchev–Trinajstić information content (AvgIpc) is 3.30. The summed E-state index contributed by atoms with van der Waals surface area (Å²) in [5.74, 6) is 1.25. The van der Waals surface area contributed by atoms with Crippen molar-refractivity contribution in [3.8, 4) is 0 Å². The summed E-state index contributed by atoms with van der Waals surface area (Å²) in [6.07, 6.45) is 13.1. The zero-order chi connectivity index (χ0) is 34.3. The monoisotopic (exact) mass is 694 g/mol. The molecule has 8 rings (SSSR count). The lowest BCUT2D eigenvalue weighted by Crippen LogP contribution is -2.42. The number of piperidine rings is 2. The van der Waals surface area contributed by atoms with Crippen LogP contribution in [0, 0.1) is 18.8 Å². The van der Waals surface area contributed by atoms with Crippen LogP contribution in [-0.4, -0.2) is 60.0 Å². The lowest BCUT2D eigenvalue weighted by molar-refractivity contribution is 0.170. The molecule has 2 fully saturated rings. The van der Waals surface area contributed by atoms with Crippen molar-refractivity contribution in [1.82, 2.24) is 19.8 Å². The van der Waals surface area contributed by atoms with Crippen LogP contribution in [0.25, 0.3) is 0 Å². The summed E-state index contributed by atoms with van der Waals surface area (Å²) in [5, 5.41) is 1.69. The first-order valence-corrected chi connectivity index (χ1v) is 19.2. The van der Waals surface area contributed by atoms with Crippen LogP contribution in [0.5, 0.6) is 0 Å². The maximum atomic E-state index is 6.34. The van der Waals surface area contributed by atoms with Crippen molar-refractivity contribution in [3.05, 3.63) is 127 Å². The highest BCUT2D eigenvalue weighted by Crippen LogP contribution is 2.49. The van der Waals surface area contributed by atoms with E-state index in [2.05, 4.69) is 99.3 Å². The van der Waals surface area contributed by atoms with Crippen LogP contribution in [-0.2, 0) is 36.5 Å². The fourth-order valence-corrected chi connectivity index (χ4v) is 10.1. The largest absolute Gasteiger partial charge is 0.306 e. The number of hydrogen-bond donors (Lipinski definition) is 0. The number of hydrogen-bond acceptors (Lipinski definition) is 4. The number of aromatic nitrogens is 2. The van der Waals surface area contributed by atoms with Crippen LogP contribution in [0.2, 0.25) is 10.0 Å². The van der Waals surface area contributed by atoms with Crippen LogP contribution in [0.1, 0.15) is 89.9 Å². The minimum Gasteiger partial charge on any atom is -0.306 e. The van der Waals surface area contributed by atoms with Gasteiger partial charge in [-0.25, -0.2) is 0 Å². The molecule has 6 heteroatoms. The van der Waals surface area contributed by atoms with Crippen molar-refractivity contribution in [2.45, 2.75) is 83.0 Å². The number of benzene rings is 2. The van der Waals surface area contributed by atoms with Gasteiger partial charge in [0.05, 0.1) is 11.4 Å². The standard InChI is InChI=1S/C22H27ClN2.C21H25ClN2/c1-15-12-17-5-4-16-13-19(23)6-7-20(16)22(2,21(17)24-14-15)18-8-10-25(3)11-9-18;1-21(17-9-12-24(2)13-10-17)19-8-7-18(22)14-16(19)6-5-15-4-3-11-23-20(15)21/h6-7,12-14,18H,4-5,8-11H2,1-3H3;3-4,7-8,11,14,17H,5-6,9-10,12-13H2,1-2H3. The summed E-state index contributed by atoms with van der Waals surface area (Å²) in [7, 11) is 4.46. The van der Waals surface area contributed by atoms with E-state index in [4.69, 9.17) is 33.2 Å². The van der Waals surface area contributed by atoms with E-state index in [1.807, 2.05) is 12.4 Å². The zero-order valence-electron chi connectivity index (χ0n) is 30.0. The van der Waals surface area contributed by atoms with Gasteiger partial charge >= 0.3 is 0 Å². The first-order chi connectivity index (χ1) is 23.6. The highest BCUT2D eigenvalue weighted by Gasteiger charge is 2.45. The molecule has 2 aliphatic carbocycles. The van der Waals surface area contributed by atoms with E-state index in [9.17, 15) is 0 Å². The second-order valence-electron chi connectivity index (χ2n) is 15.7. The van der Waals surface area contributed by atoms with Gasteiger partial charge < -0.3 is 9.80 Å². The molecule has 4 aliphatic rings. The molecule has 0 spiro atoms. The van der Waals surface area contributed by atoms with Gasteiger partial charge in [0, 0.05) is 33.3 Å². The molecule has 2 aromatic carbocycles. The lowest BCUT2D eigenvalue weighted by atomic mass is 9.64. The molecule has 0 N–H and O–H groups in total. The first-order valence-electron chi connectivity index (χ1n) is 18.4. The third-order valence-corrected chi connectivity index (χ3v) is 13.1. The van der Waals surface area contributed by atoms with Gasteiger partial charge in [-0.3, -0.25) is 9.97 Å². The topological polar surface area (TPSA) is 32.3 Å². The molecule has 4 nitrogen and oxygen atoms in total. The van der Waals surface area contributed by atoms with E-state index >= 15 is 0 Å². The Balaban J connectivity index is 0.000000154. The molecule has 2 saturated heterocycles. The second-order valence-corrected chi connectivity index (χ2v) is 16.6. The van der Waals surface area contributed by atoms with Gasteiger partial charge in [0.25, 0.3) is 0 Å². The SMILES string of the molecule is CN1CCC(C2(C)c3ccc(Cl)cc3CCc3cccnc32)CC1.Cc1cnc2c(c1)CCc1cc(Cl)ccc1C2(C)C1CCN(C)CC1. The van der Waals surface area contributed by atoms with Crippen molar-refractivity contribution in [2.24, 2.45) is 11.8 Å². The second kappa shape index (κ2) is 14.1. The molecule has 4 heterocycles. The lowest BCUT2D eigenvalue weighted by Gasteiger charge is -2.43. The van der Waals surface area contributed by atoms with E-state index in [-0.39, 0.29) is 10.8 Å². The van der Waals surface area contributed by atoms with Crippen molar-refractivity contribution >= 4 is 23.2 Å².